The molecule has 19 heavy (non-hydrogen) atoms. The fourth-order valence-electron chi connectivity index (χ4n) is 1.85. The van der Waals surface area contributed by atoms with Gasteiger partial charge in [-0.3, -0.25) is 4.68 Å². The van der Waals surface area contributed by atoms with Crippen molar-refractivity contribution in [3.05, 3.63) is 28.6 Å². The van der Waals surface area contributed by atoms with Crippen molar-refractivity contribution < 1.29 is 4.39 Å². The molecule has 0 bridgehead atoms. The lowest BCUT2D eigenvalue weighted by Crippen LogP contribution is -2.14. The first-order valence-electron chi connectivity index (χ1n) is 5.94. The molecule has 0 saturated carbocycles. The van der Waals surface area contributed by atoms with E-state index in [0.717, 1.165) is 11.3 Å². The second-order valence-electron chi connectivity index (χ2n) is 5.55. The molecule has 6 heteroatoms. The first-order valence-corrected chi connectivity index (χ1v) is 6.32. The third-order valence-electron chi connectivity index (χ3n) is 2.76. The van der Waals surface area contributed by atoms with Crippen molar-refractivity contribution in [3.8, 4) is 11.4 Å². The number of hydrogen-bond acceptors (Lipinski definition) is 3. The fraction of sp³-hybridized carbons (Fsp3) is 0.462. The summed E-state index contributed by atoms with van der Waals surface area (Å²) >= 11 is 5.79. The van der Waals surface area contributed by atoms with Gasteiger partial charge in [-0.15, -0.1) is 0 Å². The first-order chi connectivity index (χ1) is 8.70. The number of rotatable bonds is 1. The minimum atomic E-state index is -0.577. The van der Waals surface area contributed by atoms with Crippen LogP contribution in [0.4, 0.5) is 4.39 Å². The number of nitrogens with zero attached hydrogens (tertiary/aromatic N) is 4. The first kappa shape index (κ1) is 13.9. The highest BCUT2D eigenvalue weighted by Crippen LogP contribution is 2.31. The Bertz CT molecular complexity index is 605. The minimum absolute atomic E-state index is 0.158. The van der Waals surface area contributed by atoms with Gasteiger partial charge < -0.3 is 0 Å². The van der Waals surface area contributed by atoms with E-state index in [0.29, 0.717) is 5.82 Å². The standard InChI is InChI=1S/C13H16ClFN4/c1-7-9(15)11(14)17-12(16-7)8-6-19(5)18-10(8)13(2,3)4/h6H,1-5H3. The smallest absolute Gasteiger partial charge is 0.181 e. The number of aromatic nitrogens is 4. The van der Waals surface area contributed by atoms with Gasteiger partial charge in [-0.1, -0.05) is 32.4 Å². The fourth-order valence-corrected chi connectivity index (χ4v) is 2.07. The van der Waals surface area contributed by atoms with Gasteiger partial charge in [0.2, 0.25) is 0 Å². The van der Waals surface area contributed by atoms with Crippen LogP contribution in [-0.2, 0) is 12.5 Å². The monoisotopic (exact) mass is 282 g/mol. The topological polar surface area (TPSA) is 43.6 Å². The van der Waals surface area contributed by atoms with Crippen LogP contribution >= 0.6 is 11.6 Å². The Morgan fingerprint density at radius 3 is 2.42 bits per heavy atom. The van der Waals surface area contributed by atoms with Crippen molar-refractivity contribution in [1.29, 1.82) is 0 Å². The van der Waals surface area contributed by atoms with Crippen molar-refractivity contribution in [2.75, 3.05) is 0 Å². The van der Waals surface area contributed by atoms with E-state index in [-0.39, 0.29) is 16.3 Å². The molecule has 0 radical (unpaired) electrons. The zero-order valence-electron chi connectivity index (χ0n) is 11.6. The SMILES string of the molecule is Cc1nc(-c2cn(C)nc2C(C)(C)C)nc(Cl)c1F. The lowest BCUT2D eigenvalue weighted by molar-refractivity contribution is 0.553. The molecule has 0 atom stereocenters. The molecule has 2 rings (SSSR count). The summed E-state index contributed by atoms with van der Waals surface area (Å²) in [5, 5.41) is 4.28. The summed E-state index contributed by atoms with van der Waals surface area (Å²) in [4.78, 5) is 8.18. The zero-order valence-corrected chi connectivity index (χ0v) is 12.4. The van der Waals surface area contributed by atoms with Crippen molar-refractivity contribution in [3.63, 3.8) is 0 Å². The lowest BCUT2D eigenvalue weighted by Gasteiger charge is -2.17. The molecular formula is C13H16ClFN4. The molecule has 0 aliphatic rings. The molecule has 0 amide bonds. The Balaban J connectivity index is 2.66. The van der Waals surface area contributed by atoms with Crippen LogP contribution < -0.4 is 0 Å². The Morgan fingerprint density at radius 1 is 1.26 bits per heavy atom. The maximum atomic E-state index is 13.5. The average molecular weight is 283 g/mol. The van der Waals surface area contributed by atoms with E-state index in [2.05, 4.69) is 35.8 Å². The van der Waals surface area contributed by atoms with E-state index in [4.69, 9.17) is 11.6 Å². The van der Waals surface area contributed by atoms with E-state index in [1.54, 1.807) is 11.6 Å². The van der Waals surface area contributed by atoms with Crippen molar-refractivity contribution in [1.82, 2.24) is 19.7 Å². The van der Waals surface area contributed by atoms with Crippen molar-refractivity contribution in [2.24, 2.45) is 7.05 Å². The zero-order chi connectivity index (χ0) is 14.4. The van der Waals surface area contributed by atoms with E-state index < -0.39 is 5.82 Å². The highest BCUT2D eigenvalue weighted by atomic mass is 35.5. The van der Waals surface area contributed by atoms with Crippen LogP contribution in [0.25, 0.3) is 11.4 Å². The van der Waals surface area contributed by atoms with Crippen LogP contribution in [-0.4, -0.2) is 19.7 Å². The van der Waals surface area contributed by atoms with Gasteiger partial charge in [-0.05, 0) is 6.92 Å². The molecule has 0 aromatic carbocycles. The molecule has 0 aliphatic heterocycles. The molecule has 102 valence electrons. The van der Waals surface area contributed by atoms with E-state index in [1.165, 1.54) is 0 Å². The Hall–Kier alpha value is -1.49. The third-order valence-corrected chi connectivity index (χ3v) is 3.01. The second-order valence-corrected chi connectivity index (χ2v) is 5.91. The van der Waals surface area contributed by atoms with Gasteiger partial charge >= 0.3 is 0 Å². The highest BCUT2D eigenvalue weighted by Gasteiger charge is 2.25. The van der Waals surface area contributed by atoms with Gasteiger partial charge in [-0.25, -0.2) is 14.4 Å². The lowest BCUT2D eigenvalue weighted by atomic mass is 9.89. The Kier molecular flexibility index (Phi) is 3.34. The largest absolute Gasteiger partial charge is 0.275 e. The van der Waals surface area contributed by atoms with Crippen LogP contribution in [0.1, 0.15) is 32.2 Å². The Morgan fingerprint density at radius 2 is 1.89 bits per heavy atom. The molecule has 0 N–H and O–H groups in total. The number of aryl methyl sites for hydroxylation is 2. The highest BCUT2D eigenvalue weighted by molar-refractivity contribution is 6.29. The van der Waals surface area contributed by atoms with Crippen LogP contribution in [0.15, 0.2) is 6.20 Å². The molecule has 0 spiro atoms. The number of halogens is 2. The molecule has 4 nitrogen and oxygen atoms in total. The number of hydrogen-bond donors (Lipinski definition) is 0. The van der Waals surface area contributed by atoms with Crippen molar-refractivity contribution in [2.45, 2.75) is 33.1 Å². The van der Waals surface area contributed by atoms with E-state index >= 15 is 0 Å². The minimum Gasteiger partial charge on any atom is -0.275 e. The molecule has 0 aliphatic carbocycles. The van der Waals surface area contributed by atoms with Gasteiger partial charge in [-0.2, -0.15) is 5.10 Å². The maximum Gasteiger partial charge on any atom is 0.181 e. The van der Waals surface area contributed by atoms with Gasteiger partial charge in [0.1, 0.15) is 0 Å². The summed E-state index contributed by atoms with van der Waals surface area (Å²) in [6.45, 7) is 7.73. The Labute approximate surface area is 116 Å². The summed E-state index contributed by atoms with van der Waals surface area (Å²) < 4.78 is 15.2. The van der Waals surface area contributed by atoms with Gasteiger partial charge in [0, 0.05) is 18.7 Å². The van der Waals surface area contributed by atoms with Crippen molar-refractivity contribution >= 4 is 11.6 Å². The molecular weight excluding hydrogens is 267 g/mol. The molecule has 2 heterocycles. The molecule has 2 aromatic heterocycles. The summed E-state index contributed by atoms with van der Waals surface area (Å²) in [5.41, 5.74) is 1.71. The van der Waals surface area contributed by atoms with Crippen LogP contribution in [0.2, 0.25) is 5.15 Å². The average Bonchev–Trinajstić information content (AvgIpc) is 2.67. The summed E-state index contributed by atoms with van der Waals surface area (Å²) in [7, 11) is 1.83. The summed E-state index contributed by atoms with van der Waals surface area (Å²) in [5.74, 6) is -0.173. The van der Waals surface area contributed by atoms with Gasteiger partial charge in [0.15, 0.2) is 16.8 Å². The van der Waals surface area contributed by atoms with E-state index in [9.17, 15) is 4.39 Å². The van der Waals surface area contributed by atoms with Crippen LogP contribution in [0.5, 0.6) is 0 Å². The predicted octanol–water partition coefficient (Wildman–Crippen LogP) is 3.28. The summed E-state index contributed by atoms with van der Waals surface area (Å²) in [6, 6.07) is 0. The van der Waals surface area contributed by atoms with Gasteiger partial charge in [0.05, 0.1) is 17.0 Å². The van der Waals surface area contributed by atoms with Gasteiger partial charge in [0.25, 0.3) is 0 Å². The second kappa shape index (κ2) is 4.56. The third kappa shape index (κ3) is 2.61. The quantitative estimate of drug-likeness (QED) is 0.754. The van der Waals surface area contributed by atoms with Crippen LogP contribution in [0.3, 0.4) is 0 Å². The molecule has 0 unspecified atom stereocenters. The summed E-state index contributed by atoms with van der Waals surface area (Å²) in [6.07, 6.45) is 1.82. The van der Waals surface area contributed by atoms with E-state index in [1.807, 2.05) is 13.2 Å². The normalized spacial score (nSPS) is 11.9. The molecule has 2 aromatic rings. The molecule has 0 saturated heterocycles. The van der Waals surface area contributed by atoms with Crippen LogP contribution in [0, 0.1) is 12.7 Å². The molecule has 0 fully saturated rings. The predicted molar refractivity (Wildman–Crippen MR) is 72.6 cm³/mol. The maximum absolute atomic E-state index is 13.5.